The van der Waals surface area contributed by atoms with Crippen molar-refractivity contribution in [3.63, 3.8) is 0 Å². The van der Waals surface area contributed by atoms with E-state index >= 15 is 0 Å². The summed E-state index contributed by atoms with van der Waals surface area (Å²) in [6.07, 6.45) is 0.624. The van der Waals surface area contributed by atoms with E-state index in [0.717, 1.165) is 11.6 Å². The molecule has 2 aromatic rings. The molecule has 0 atom stereocenters. The molecule has 0 fully saturated rings. The second kappa shape index (κ2) is 5.93. The standard InChI is InChI=1S/C15H11ClF2O/c16-11-3-1-2-10(8-11)4-7-15(19)13-6-5-12(17)9-14(13)18/h1-3,5-6,8-9H,4,7H2. The fourth-order valence-electron chi connectivity index (χ4n) is 1.80. The van der Waals surface area contributed by atoms with Gasteiger partial charge >= 0.3 is 0 Å². The molecule has 0 aliphatic heterocycles. The van der Waals surface area contributed by atoms with Crippen LogP contribution >= 0.6 is 11.6 Å². The first-order chi connectivity index (χ1) is 9.06. The van der Waals surface area contributed by atoms with Gasteiger partial charge in [-0.15, -0.1) is 0 Å². The fourth-order valence-corrected chi connectivity index (χ4v) is 2.01. The molecular formula is C15H11ClF2O. The van der Waals surface area contributed by atoms with Crippen LogP contribution in [-0.2, 0) is 6.42 Å². The Labute approximate surface area is 114 Å². The molecule has 0 radical (unpaired) electrons. The molecule has 0 N–H and O–H groups in total. The van der Waals surface area contributed by atoms with Crippen molar-refractivity contribution in [1.29, 1.82) is 0 Å². The first-order valence-electron chi connectivity index (χ1n) is 5.79. The SMILES string of the molecule is O=C(CCc1cccc(Cl)c1)c1ccc(F)cc1F. The van der Waals surface area contributed by atoms with Crippen LogP contribution in [0.4, 0.5) is 8.78 Å². The van der Waals surface area contributed by atoms with Gasteiger partial charge in [0.2, 0.25) is 0 Å². The van der Waals surface area contributed by atoms with Gasteiger partial charge < -0.3 is 0 Å². The van der Waals surface area contributed by atoms with Gasteiger partial charge in [-0.05, 0) is 36.2 Å². The number of benzene rings is 2. The number of carbonyl (C=O) groups is 1. The van der Waals surface area contributed by atoms with E-state index < -0.39 is 11.6 Å². The Kier molecular flexibility index (Phi) is 4.27. The smallest absolute Gasteiger partial charge is 0.166 e. The Morgan fingerprint density at radius 2 is 1.89 bits per heavy atom. The quantitative estimate of drug-likeness (QED) is 0.757. The average molecular weight is 281 g/mol. The first kappa shape index (κ1) is 13.7. The molecule has 0 amide bonds. The Morgan fingerprint density at radius 1 is 1.11 bits per heavy atom. The lowest BCUT2D eigenvalue weighted by Gasteiger charge is -2.04. The van der Waals surface area contributed by atoms with Crippen LogP contribution in [0.3, 0.4) is 0 Å². The van der Waals surface area contributed by atoms with E-state index in [0.29, 0.717) is 17.5 Å². The molecule has 0 bridgehead atoms. The van der Waals surface area contributed by atoms with E-state index in [-0.39, 0.29) is 17.8 Å². The van der Waals surface area contributed by atoms with E-state index in [4.69, 9.17) is 11.6 Å². The van der Waals surface area contributed by atoms with E-state index in [1.54, 1.807) is 18.2 Å². The van der Waals surface area contributed by atoms with Gasteiger partial charge in [-0.1, -0.05) is 23.7 Å². The molecule has 0 unspecified atom stereocenters. The third kappa shape index (κ3) is 3.61. The number of hydrogen-bond donors (Lipinski definition) is 0. The Hall–Kier alpha value is -1.74. The predicted molar refractivity (Wildman–Crippen MR) is 70.5 cm³/mol. The van der Waals surface area contributed by atoms with Crippen molar-refractivity contribution in [2.75, 3.05) is 0 Å². The van der Waals surface area contributed by atoms with Crippen molar-refractivity contribution in [3.8, 4) is 0 Å². The Bertz CT molecular complexity index is 611. The summed E-state index contributed by atoms with van der Waals surface area (Å²) in [5.41, 5.74) is 0.826. The number of carbonyl (C=O) groups excluding carboxylic acids is 1. The van der Waals surface area contributed by atoms with Gasteiger partial charge in [0, 0.05) is 17.5 Å². The van der Waals surface area contributed by atoms with E-state index in [9.17, 15) is 13.6 Å². The predicted octanol–water partition coefficient (Wildman–Crippen LogP) is 4.43. The molecule has 2 aromatic carbocycles. The molecule has 98 valence electrons. The molecule has 1 nitrogen and oxygen atoms in total. The summed E-state index contributed by atoms with van der Waals surface area (Å²) >= 11 is 5.83. The number of Topliss-reactive ketones (excluding diaryl/α,β-unsaturated/α-hetero) is 1. The summed E-state index contributed by atoms with van der Waals surface area (Å²) in [5.74, 6) is -1.86. The molecule has 0 saturated carbocycles. The van der Waals surface area contributed by atoms with Crippen LogP contribution in [-0.4, -0.2) is 5.78 Å². The summed E-state index contributed by atoms with van der Waals surface area (Å²) in [5, 5.41) is 0.595. The highest BCUT2D eigenvalue weighted by Crippen LogP contribution is 2.16. The van der Waals surface area contributed by atoms with Crippen molar-refractivity contribution in [2.24, 2.45) is 0 Å². The van der Waals surface area contributed by atoms with Crippen LogP contribution in [0, 0.1) is 11.6 Å². The molecule has 0 spiro atoms. The first-order valence-corrected chi connectivity index (χ1v) is 6.17. The van der Waals surface area contributed by atoms with Gasteiger partial charge in [0.25, 0.3) is 0 Å². The van der Waals surface area contributed by atoms with Gasteiger partial charge in [0.15, 0.2) is 5.78 Å². The summed E-state index contributed by atoms with van der Waals surface area (Å²) < 4.78 is 26.1. The highest BCUT2D eigenvalue weighted by Gasteiger charge is 2.12. The second-order valence-corrected chi connectivity index (χ2v) is 4.61. The minimum absolute atomic E-state index is 0.0802. The minimum atomic E-state index is -0.823. The van der Waals surface area contributed by atoms with Crippen LogP contribution in [0.15, 0.2) is 42.5 Å². The highest BCUT2D eigenvalue weighted by molar-refractivity contribution is 6.30. The molecular weight excluding hydrogens is 270 g/mol. The maximum Gasteiger partial charge on any atom is 0.166 e. The second-order valence-electron chi connectivity index (χ2n) is 4.18. The van der Waals surface area contributed by atoms with Gasteiger partial charge in [-0.3, -0.25) is 4.79 Å². The maximum absolute atomic E-state index is 13.4. The zero-order valence-corrected chi connectivity index (χ0v) is 10.8. The Morgan fingerprint density at radius 3 is 2.58 bits per heavy atom. The zero-order chi connectivity index (χ0) is 13.8. The summed E-state index contributed by atoms with van der Waals surface area (Å²) in [6, 6.07) is 10.1. The number of ketones is 1. The average Bonchev–Trinajstić information content (AvgIpc) is 2.36. The molecule has 0 aliphatic carbocycles. The molecule has 0 saturated heterocycles. The van der Waals surface area contributed by atoms with E-state index in [1.807, 2.05) is 6.07 Å². The van der Waals surface area contributed by atoms with E-state index in [2.05, 4.69) is 0 Å². The van der Waals surface area contributed by atoms with Gasteiger partial charge in [0.05, 0.1) is 5.56 Å². The van der Waals surface area contributed by atoms with E-state index in [1.165, 1.54) is 6.07 Å². The fraction of sp³-hybridized carbons (Fsp3) is 0.133. The van der Waals surface area contributed by atoms with Gasteiger partial charge in [0.1, 0.15) is 11.6 Å². The summed E-state index contributed by atoms with van der Waals surface area (Å²) in [4.78, 5) is 11.8. The van der Waals surface area contributed by atoms with Crippen molar-refractivity contribution in [3.05, 3.63) is 70.2 Å². The van der Waals surface area contributed by atoms with Crippen molar-refractivity contribution < 1.29 is 13.6 Å². The zero-order valence-electron chi connectivity index (χ0n) is 10.00. The number of halogens is 3. The molecule has 4 heteroatoms. The third-order valence-corrected chi connectivity index (χ3v) is 3.00. The lowest BCUT2D eigenvalue weighted by molar-refractivity contribution is 0.0979. The minimum Gasteiger partial charge on any atom is -0.294 e. The lowest BCUT2D eigenvalue weighted by Crippen LogP contribution is -2.04. The van der Waals surface area contributed by atoms with Gasteiger partial charge in [-0.25, -0.2) is 8.78 Å². The lowest BCUT2D eigenvalue weighted by atomic mass is 10.0. The maximum atomic E-state index is 13.4. The van der Waals surface area contributed by atoms with Crippen LogP contribution in [0.5, 0.6) is 0 Å². The molecule has 0 heterocycles. The van der Waals surface area contributed by atoms with Gasteiger partial charge in [-0.2, -0.15) is 0 Å². The summed E-state index contributed by atoms with van der Waals surface area (Å²) in [6.45, 7) is 0. The van der Waals surface area contributed by atoms with Crippen LogP contribution in [0.1, 0.15) is 22.3 Å². The highest BCUT2D eigenvalue weighted by atomic mass is 35.5. The summed E-state index contributed by atoms with van der Waals surface area (Å²) in [7, 11) is 0. The largest absolute Gasteiger partial charge is 0.294 e. The molecule has 0 aliphatic rings. The monoisotopic (exact) mass is 280 g/mol. The number of aryl methyl sites for hydroxylation is 1. The molecule has 19 heavy (non-hydrogen) atoms. The number of hydrogen-bond acceptors (Lipinski definition) is 1. The third-order valence-electron chi connectivity index (χ3n) is 2.76. The molecule has 0 aromatic heterocycles. The Balaban J connectivity index is 2.05. The number of rotatable bonds is 4. The topological polar surface area (TPSA) is 17.1 Å². The van der Waals surface area contributed by atoms with Crippen molar-refractivity contribution in [1.82, 2.24) is 0 Å². The van der Waals surface area contributed by atoms with Crippen LogP contribution in [0.25, 0.3) is 0 Å². The van der Waals surface area contributed by atoms with Crippen molar-refractivity contribution >= 4 is 17.4 Å². The van der Waals surface area contributed by atoms with Crippen LogP contribution in [0.2, 0.25) is 5.02 Å². The normalized spacial score (nSPS) is 10.5. The van der Waals surface area contributed by atoms with Crippen molar-refractivity contribution in [2.45, 2.75) is 12.8 Å². The van der Waals surface area contributed by atoms with Crippen LogP contribution < -0.4 is 0 Å². The molecule has 2 rings (SSSR count).